The van der Waals surface area contributed by atoms with E-state index >= 15 is 0 Å². The van der Waals surface area contributed by atoms with Crippen LogP contribution in [0.1, 0.15) is 17.2 Å². The lowest BCUT2D eigenvalue weighted by molar-refractivity contribution is -0.139. The van der Waals surface area contributed by atoms with Gasteiger partial charge in [-0.3, -0.25) is 4.98 Å². The fourth-order valence-corrected chi connectivity index (χ4v) is 2.76. The van der Waals surface area contributed by atoms with Gasteiger partial charge in [-0.15, -0.1) is 0 Å². The number of nitrogens with one attached hydrogen (secondary N) is 1. The molecule has 0 aliphatic carbocycles. The van der Waals surface area contributed by atoms with Gasteiger partial charge in [-0.25, -0.2) is 9.59 Å². The second-order valence-corrected chi connectivity index (χ2v) is 5.92. The lowest BCUT2D eigenvalue weighted by atomic mass is 10.0. The van der Waals surface area contributed by atoms with Crippen LogP contribution in [0, 0.1) is 0 Å². The number of hydrogen-bond acceptors (Lipinski definition) is 4. The minimum Gasteiger partial charge on any atom is -0.479 e. The Balaban J connectivity index is 1.81. The van der Waals surface area contributed by atoms with E-state index in [4.69, 9.17) is 16.3 Å². The van der Waals surface area contributed by atoms with Crippen LogP contribution in [0.15, 0.2) is 60.8 Å². The molecule has 7 heteroatoms. The van der Waals surface area contributed by atoms with Crippen LogP contribution in [0.25, 0.3) is 10.9 Å². The summed E-state index contributed by atoms with van der Waals surface area (Å²) in [7, 11) is 0. The second-order valence-electron chi connectivity index (χ2n) is 5.51. The molecule has 1 unspecified atom stereocenters. The van der Waals surface area contributed by atoms with Crippen molar-refractivity contribution in [1.82, 2.24) is 10.3 Å². The van der Waals surface area contributed by atoms with Crippen molar-refractivity contribution in [3.05, 3.63) is 76.9 Å². The zero-order valence-electron chi connectivity index (χ0n) is 13.6. The van der Waals surface area contributed by atoms with Gasteiger partial charge in [-0.2, -0.15) is 0 Å². The van der Waals surface area contributed by atoms with Crippen molar-refractivity contribution >= 4 is 34.6 Å². The molecule has 2 aromatic carbocycles. The molecule has 1 heterocycles. The van der Waals surface area contributed by atoms with E-state index in [9.17, 15) is 14.7 Å². The summed E-state index contributed by atoms with van der Waals surface area (Å²) in [6.07, 6.45) is 0.703. The second kappa shape index (κ2) is 7.84. The third-order valence-corrected chi connectivity index (χ3v) is 4.11. The summed E-state index contributed by atoms with van der Waals surface area (Å²) in [5.41, 5.74) is 1.54. The van der Waals surface area contributed by atoms with E-state index in [1.54, 1.807) is 30.3 Å². The number of ether oxygens (including phenoxy) is 1. The molecule has 0 spiro atoms. The summed E-state index contributed by atoms with van der Waals surface area (Å²) < 4.78 is 5.11. The number of aliphatic carboxylic acids is 1. The molecule has 26 heavy (non-hydrogen) atoms. The number of aromatic nitrogens is 1. The number of pyridine rings is 1. The number of amides is 1. The van der Waals surface area contributed by atoms with E-state index in [0.717, 1.165) is 5.56 Å². The smallest absolute Gasteiger partial charge is 0.408 e. The van der Waals surface area contributed by atoms with Crippen LogP contribution in [-0.4, -0.2) is 22.2 Å². The Hall–Kier alpha value is -3.12. The average Bonchev–Trinajstić information content (AvgIpc) is 2.66. The van der Waals surface area contributed by atoms with Crippen LogP contribution in [0.2, 0.25) is 5.02 Å². The van der Waals surface area contributed by atoms with E-state index in [1.807, 2.05) is 18.2 Å². The third kappa shape index (κ3) is 3.92. The molecular weight excluding hydrogens is 356 g/mol. The largest absolute Gasteiger partial charge is 0.479 e. The highest BCUT2D eigenvalue weighted by Gasteiger charge is 2.25. The van der Waals surface area contributed by atoms with Gasteiger partial charge in [0.05, 0.1) is 5.52 Å². The first kappa shape index (κ1) is 17.7. The predicted octanol–water partition coefficient (Wildman–Crippen LogP) is 3.94. The van der Waals surface area contributed by atoms with Gasteiger partial charge in [0.25, 0.3) is 0 Å². The number of hydrogen-bond donors (Lipinski definition) is 2. The number of halogens is 1. The van der Waals surface area contributed by atoms with Gasteiger partial charge in [-0.05, 0) is 23.8 Å². The molecule has 1 atom stereocenters. The molecule has 0 aliphatic heterocycles. The highest BCUT2D eigenvalue weighted by Crippen LogP contribution is 2.28. The molecule has 0 saturated carbocycles. The number of rotatable bonds is 5. The molecular formula is C19H15ClN2O4. The molecule has 132 valence electrons. The Morgan fingerprint density at radius 3 is 2.62 bits per heavy atom. The van der Waals surface area contributed by atoms with E-state index in [2.05, 4.69) is 10.3 Å². The number of fused-ring (bicyclic) bond motifs is 1. The third-order valence-electron chi connectivity index (χ3n) is 3.78. The quantitative estimate of drug-likeness (QED) is 0.710. The van der Waals surface area contributed by atoms with Gasteiger partial charge in [0.1, 0.15) is 6.61 Å². The van der Waals surface area contributed by atoms with Crippen molar-refractivity contribution in [2.75, 3.05) is 0 Å². The first-order chi connectivity index (χ1) is 12.6. The highest BCUT2D eigenvalue weighted by atomic mass is 35.5. The Morgan fingerprint density at radius 1 is 1.12 bits per heavy atom. The molecule has 3 aromatic rings. The molecule has 1 aromatic heterocycles. The topological polar surface area (TPSA) is 88.5 Å². The lowest BCUT2D eigenvalue weighted by Gasteiger charge is -2.17. The summed E-state index contributed by atoms with van der Waals surface area (Å²) in [4.78, 5) is 28.0. The maximum Gasteiger partial charge on any atom is 0.408 e. The first-order valence-corrected chi connectivity index (χ1v) is 8.17. The van der Waals surface area contributed by atoms with Gasteiger partial charge < -0.3 is 15.2 Å². The van der Waals surface area contributed by atoms with Crippen LogP contribution in [0.3, 0.4) is 0 Å². The van der Waals surface area contributed by atoms with Crippen molar-refractivity contribution in [2.24, 2.45) is 0 Å². The van der Waals surface area contributed by atoms with Gasteiger partial charge in [0.2, 0.25) is 0 Å². The zero-order chi connectivity index (χ0) is 18.5. The molecule has 2 N–H and O–H groups in total. The number of carbonyl (C=O) groups excluding carboxylic acids is 1. The van der Waals surface area contributed by atoms with Crippen LogP contribution in [0.4, 0.5) is 4.79 Å². The summed E-state index contributed by atoms with van der Waals surface area (Å²) in [5, 5.41) is 13.0. The van der Waals surface area contributed by atoms with Crippen molar-refractivity contribution in [3.8, 4) is 0 Å². The summed E-state index contributed by atoms with van der Waals surface area (Å²) in [6, 6.07) is 14.3. The van der Waals surface area contributed by atoms with Crippen LogP contribution >= 0.6 is 11.6 Å². The molecule has 0 aliphatic rings. The molecule has 0 radical (unpaired) electrons. The van der Waals surface area contributed by atoms with Gasteiger partial charge in [-0.1, -0.05) is 48.0 Å². The Morgan fingerprint density at radius 2 is 1.88 bits per heavy atom. The monoisotopic (exact) mass is 370 g/mol. The molecule has 0 bridgehead atoms. The number of carboxylic acids is 1. The summed E-state index contributed by atoms with van der Waals surface area (Å²) in [5.74, 6) is -1.23. The van der Waals surface area contributed by atoms with Crippen LogP contribution in [0.5, 0.6) is 0 Å². The van der Waals surface area contributed by atoms with Gasteiger partial charge in [0, 0.05) is 22.2 Å². The minimum absolute atomic E-state index is 0.0403. The van der Waals surface area contributed by atoms with Gasteiger partial charge >= 0.3 is 12.1 Å². The van der Waals surface area contributed by atoms with Crippen molar-refractivity contribution in [1.29, 1.82) is 0 Å². The molecule has 6 nitrogen and oxygen atoms in total. The number of alkyl carbamates (subject to hydrolysis) is 1. The zero-order valence-corrected chi connectivity index (χ0v) is 14.3. The SMILES string of the molecule is O=C(NC(C(=O)O)c1ccc(Cl)c2cccnc12)OCc1ccccc1. The van der Waals surface area contributed by atoms with Crippen LogP contribution < -0.4 is 5.32 Å². The maximum absolute atomic E-state index is 12.1. The Kier molecular flexibility index (Phi) is 5.34. The predicted molar refractivity (Wildman–Crippen MR) is 96.9 cm³/mol. The number of nitrogens with zero attached hydrogens (tertiary/aromatic N) is 1. The first-order valence-electron chi connectivity index (χ1n) is 7.79. The molecule has 0 fully saturated rings. The van der Waals surface area contributed by atoms with Crippen molar-refractivity contribution in [2.45, 2.75) is 12.6 Å². The van der Waals surface area contributed by atoms with E-state index in [-0.39, 0.29) is 6.61 Å². The van der Waals surface area contributed by atoms with Crippen molar-refractivity contribution in [3.63, 3.8) is 0 Å². The normalized spacial score (nSPS) is 11.7. The molecule has 0 saturated heterocycles. The Labute approximate surface area is 154 Å². The van der Waals surface area contributed by atoms with Gasteiger partial charge in [0.15, 0.2) is 6.04 Å². The summed E-state index contributed by atoms with van der Waals surface area (Å²) in [6.45, 7) is 0.0403. The van der Waals surface area contributed by atoms with E-state index < -0.39 is 18.1 Å². The van der Waals surface area contributed by atoms with E-state index in [1.165, 1.54) is 12.3 Å². The Bertz CT molecular complexity index is 947. The van der Waals surface area contributed by atoms with Crippen molar-refractivity contribution < 1.29 is 19.4 Å². The van der Waals surface area contributed by atoms with Crippen LogP contribution in [-0.2, 0) is 16.1 Å². The summed E-state index contributed by atoms with van der Waals surface area (Å²) >= 11 is 6.14. The highest BCUT2D eigenvalue weighted by molar-refractivity contribution is 6.35. The lowest BCUT2D eigenvalue weighted by Crippen LogP contribution is -2.34. The number of carboxylic acid groups (broad SMARTS) is 1. The molecule has 1 amide bonds. The van der Waals surface area contributed by atoms with E-state index in [0.29, 0.717) is 21.5 Å². The standard InChI is InChI=1S/C19H15ClN2O4/c20-15-9-8-14(16-13(15)7-4-10-21-16)17(18(23)24)22-19(25)26-11-12-5-2-1-3-6-12/h1-10,17H,11H2,(H,22,25)(H,23,24). The fourth-order valence-electron chi connectivity index (χ4n) is 2.55. The fraction of sp³-hybridized carbons (Fsp3) is 0.105. The average molecular weight is 371 g/mol. The number of carbonyl (C=O) groups is 2. The maximum atomic E-state index is 12.1. The molecule has 3 rings (SSSR count). The number of benzene rings is 2. The minimum atomic E-state index is -1.31.